The Labute approximate surface area is 134 Å². The maximum atomic E-state index is 11.1. The highest BCUT2D eigenvalue weighted by molar-refractivity contribution is 7.13. The molecule has 22 heavy (non-hydrogen) atoms. The predicted molar refractivity (Wildman–Crippen MR) is 88.2 cm³/mol. The molecule has 0 fully saturated rings. The Morgan fingerprint density at radius 3 is 2.73 bits per heavy atom. The van der Waals surface area contributed by atoms with Gasteiger partial charge in [-0.2, -0.15) is 0 Å². The van der Waals surface area contributed by atoms with Gasteiger partial charge in [0.1, 0.15) is 10.6 Å². The highest BCUT2D eigenvalue weighted by Crippen LogP contribution is 2.22. The summed E-state index contributed by atoms with van der Waals surface area (Å²) >= 11 is 1.28. The smallest absolute Gasteiger partial charge is 0.347 e. The third kappa shape index (κ3) is 4.07. The predicted octanol–water partition coefficient (Wildman–Crippen LogP) is 4.03. The first-order valence-electron chi connectivity index (χ1n) is 7.43. The number of aromatic carboxylic acids is 1. The molecule has 2 rings (SSSR count). The van der Waals surface area contributed by atoms with Crippen molar-refractivity contribution in [3.05, 3.63) is 44.9 Å². The van der Waals surface area contributed by atoms with Gasteiger partial charge in [0.15, 0.2) is 0 Å². The fourth-order valence-corrected chi connectivity index (χ4v) is 3.31. The lowest BCUT2D eigenvalue weighted by Gasteiger charge is -2.09. The summed E-state index contributed by atoms with van der Waals surface area (Å²) < 4.78 is 5.78. The molecule has 118 valence electrons. The monoisotopic (exact) mass is 319 g/mol. The molecule has 0 amide bonds. The van der Waals surface area contributed by atoms with Gasteiger partial charge in [-0.15, -0.1) is 11.3 Å². The third-order valence-corrected chi connectivity index (χ3v) is 4.54. The Hall–Kier alpha value is -1.88. The maximum absolute atomic E-state index is 11.1. The summed E-state index contributed by atoms with van der Waals surface area (Å²) in [5, 5.41) is 10.0. The molecule has 0 aliphatic carbocycles. The summed E-state index contributed by atoms with van der Waals surface area (Å²) in [5.41, 5.74) is 3.04. The number of aromatic nitrogens is 1. The molecule has 5 heteroatoms. The van der Waals surface area contributed by atoms with Crippen molar-refractivity contribution in [2.45, 2.75) is 40.0 Å². The number of ether oxygens (including phenoxy) is 1. The number of hydrogen-bond acceptors (Lipinski definition) is 4. The molecule has 1 heterocycles. The first-order valence-corrected chi connectivity index (χ1v) is 8.24. The summed E-state index contributed by atoms with van der Waals surface area (Å²) in [5.74, 6) is 0.0253. The van der Waals surface area contributed by atoms with Crippen LogP contribution < -0.4 is 4.74 Å². The van der Waals surface area contributed by atoms with E-state index in [1.165, 1.54) is 16.9 Å². The van der Waals surface area contributed by atoms with E-state index in [4.69, 9.17) is 9.84 Å². The van der Waals surface area contributed by atoms with E-state index in [0.717, 1.165) is 29.2 Å². The normalized spacial score (nSPS) is 10.7. The van der Waals surface area contributed by atoms with Crippen molar-refractivity contribution in [2.75, 3.05) is 6.61 Å². The highest BCUT2D eigenvalue weighted by Gasteiger charge is 2.15. The number of hydrogen-bond donors (Lipinski definition) is 1. The first kappa shape index (κ1) is 16.5. The Morgan fingerprint density at radius 2 is 2.14 bits per heavy atom. The van der Waals surface area contributed by atoms with Crippen LogP contribution in [0.2, 0.25) is 0 Å². The van der Waals surface area contributed by atoms with Crippen molar-refractivity contribution in [3.63, 3.8) is 0 Å². The van der Waals surface area contributed by atoms with E-state index in [1.54, 1.807) is 0 Å². The highest BCUT2D eigenvalue weighted by atomic mass is 32.1. The number of thiazole rings is 1. The molecule has 0 atom stereocenters. The molecule has 1 aromatic carbocycles. The van der Waals surface area contributed by atoms with Crippen LogP contribution in [0, 0.1) is 13.8 Å². The van der Waals surface area contributed by atoms with Gasteiger partial charge in [-0.25, -0.2) is 9.78 Å². The van der Waals surface area contributed by atoms with Crippen molar-refractivity contribution in [3.8, 4) is 5.75 Å². The average molecular weight is 319 g/mol. The van der Waals surface area contributed by atoms with E-state index >= 15 is 0 Å². The largest absolute Gasteiger partial charge is 0.493 e. The summed E-state index contributed by atoms with van der Waals surface area (Å²) in [7, 11) is 0. The quantitative estimate of drug-likeness (QED) is 0.783. The molecule has 4 nitrogen and oxygen atoms in total. The number of carboxylic acid groups (broad SMARTS) is 1. The summed E-state index contributed by atoms with van der Waals surface area (Å²) in [4.78, 5) is 15.9. The lowest BCUT2D eigenvalue weighted by molar-refractivity contribution is 0.0701. The Bertz CT molecular complexity index is 664. The van der Waals surface area contributed by atoms with Crippen LogP contribution in [0.25, 0.3) is 0 Å². The van der Waals surface area contributed by atoms with Gasteiger partial charge in [0.05, 0.1) is 17.3 Å². The second kappa shape index (κ2) is 7.40. The van der Waals surface area contributed by atoms with Crippen LogP contribution in [-0.4, -0.2) is 22.7 Å². The van der Waals surface area contributed by atoms with Gasteiger partial charge in [-0.3, -0.25) is 0 Å². The topological polar surface area (TPSA) is 59.4 Å². The standard InChI is InChI=1S/C17H21NO3S/c1-4-13-16(17(19)20)22-15(18-13)6-5-9-21-14-8-7-11(2)10-12(14)3/h7-8,10H,4-6,9H2,1-3H3,(H,19,20). The lowest BCUT2D eigenvalue weighted by atomic mass is 10.1. The minimum atomic E-state index is -0.882. The number of benzene rings is 1. The minimum Gasteiger partial charge on any atom is -0.493 e. The van der Waals surface area contributed by atoms with Crippen LogP contribution in [0.4, 0.5) is 0 Å². The molecule has 0 bridgehead atoms. The van der Waals surface area contributed by atoms with Crippen LogP contribution in [0.15, 0.2) is 18.2 Å². The summed E-state index contributed by atoms with van der Waals surface area (Å²) in [6.07, 6.45) is 2.22. The Morgan fingerprint density at radius 1 is 1.36 bits per heavy atom. The van der Waals surface area contributed by atoms with Gasteiger partial charge in [-0.1, -0.05) is 24.6 Å². The van der Waals surface area contributed by atoms with Crippen molar-refractivity contribution in [2.24, 2.45) is 0 Å². The van der Waals surface area contributed by atoms with Crippen molar-refractivity contribution < 1.29 is 14.6 Å². The second-order valence-electron chi connectivity index (χ2n) is 5.26. The molecule has 2 aromatic rings. The van der Waals surface area contributed by atoms with E-state index < -0.39 is 5.97 Å². The van der Waals surface area contributed by atoms with E-state index in [-0.39, 0.29) is 0 Å². The molecule has 0 unspecified atom stereocenters. The SMILES string of the molecule is CCc1nc(CCCOc2ccc(C)cc2C)sc1C(=O)O. The molecular formula is C17H21NO3S. The molecule has 0 aliphatic rings. The molecule has 0 saturated carbocycles. The van der Waals surface area contributed by atoms with Crippen LogP contribution in [0.1, 0.15) is 44.8 Å². The van der Waals surface area contributed by atoms with Crippen molar-refractivity contribution >= 4 is 17.3 Å². The summed E-state index contributed by atoms with van der Waals surface area (Å²) in [6.45, 7) is 6.63. The maximum Gasteiger partial charge on any atom is 0.347 e. The van der Waals surface area contributed by atoms with Crippen LogP contribution in [0.5, 0.6) is 5.75 Å². The zero-order valence-corrected chi connectivity index (χ0v) is 14.0. The molecular weight excluding hydrogens is 298 g/mol. The van der Waals surface area contributed by atoms with E-state index in [1.807, 2.05) is 26.0 Å². The Kier molecular flexibility index (Phi) is 5.55. The number of carbonyl (C=O) groups is 1. The fourth-order valence-electron chi connectivity index (χ4n) is 2.28. The average Bonchev–Trinajstić information content (AvgIpc) is 2.89. The van der Waals surface area contributed by atoms with Crippen LogP contribution in [-0.2, 0) is 12.8 Å². The number of nitrogens with zero attached hydrogens (tertiary/aromatic N) is 1. The number of carboxylic acids is 1. The molecule has 0 saturated heterocycles. The lowest BCUT2D eigenvalue weighted by Crippen LogP contribution is -2.01. The molecule has 0 spiro atoms. The van der Waals surface area contributed by atoms with Crippen molar-refractivity contribution in [1.29, 1.82) is 0 Å². The molecule has 1 N–H and O–H groups in total. The molecule has 0 aliphatic heterocycles. The zero-order valence-electron chi connectivity index (χ0n) is 13.2. The van der Waals surface area contributed by atoms with Crippen molar-refractivity contribution in [1.82, 2.24) is 4.98 Å². The third-order valence-electron chi connectivity index (χ3n) is 3.39. The zero-order chi connectivity index (χ0) is 16.1. The Balaban J connectivity index is 1.87. The van der Waals surface area contributed by atoms with Crippen LogP contribution >= 0.6 is 11.3 Å². The van der Waals surface area contributed by atoms with E-state index in [2.05, 4.69) is 18.0 Å². The van der Waals surface area contributed by atoms with Gasteiger partial charge in [0.2, 0.25) is 0 Å². The van der Waals surface area contributed by atoms with Gasteiger partial charge >= 0.3 is 5.97 Å². The van der Waals surface area contributed by atoms with Gasteiger partial charge in [0, 0.05) is 6.42 Å². The van der Waals surface area contributed by atoms with E-state index in [0.29, 0.717) is 23.6 Å². The van der Waals surface area contributed by atoms with Gasteiger partial charge in [0.25, 0.3) is 0 Å². The summed E-state index contributed by atoms with van der Waals surface area (Å²) in [6, 6.07) is 6.13. The molecule has 1 aromatic heterocycles. The second-order valence-corrected chi connectivity index (χ2v) is 6.35. The van der Waals surface area contributed by atoms with Gasteiger partial charge in [-0.05, 0) is 38.3 Å². The first-order chi connectivity index (χ1) is 10.5. The fraction of sp³-hybridized carbons (Fsp3) is 0.412. The molecule has 0 radical (unpaired) electrons. The minimum absolute atomic E-state index is 0.368. The van der Waals surface area contributed by atoms with E-state index in [9.17, 15) is 4.79 Å². The number of aryl methyl sites for hydroxylation is 4. The van der Waals surface area contributed by atoms with Gasteiger partial charge < -0.3 is 9.84 Å². The van der Waals surface area contributed by atoms with Crippen LogP contribution in [0.3, 0.4) is 0 Å². The number of rotatable bonds is 7.